The minimum absolute atomic E-state index is 0.000340. The molecule has 18 nitrogen and oxygen atoms in total. The number of carbonyl (C=O) groups is 3. The number of esters is 2. The van der Waals surface area contributed by atoms with Gasteiger partial charge >= 0.3 is 11.9 Å². The number of hydrogen-bond donors (Lipinski definition) is 2. The quantitative estimate of drug-likeness (QED) is 0.0594. The number of nitrogens with one attached hydrogen (secondary N) is 1. The molecule has 1 saturated heterocycles. The average molecular weight is 672 g/mol. The molecule has 1 heterocycles. The van der Waals surface area contributed by atoms with E-state index in [1.807, 2.05) is 30.3 Å². The summed E-state index contributed by atoms with van der Waals surface area (Å²) in [5.41, 5.74) is 6.69. The van der Waals surface area contributed by atoms with Gasteiger partial charge in [-0.1, -0.05) is 36.8 Å². The summed E-state index contributed by atoms with van der Waals surface area (Å²) in [4.78, 5) is 70.3. The van der Waals surface area contributed by atoms with Crippen LogP contribution in [0.15, 0.2) is 30.3 Å². The van der Waals surface area contributed by atoms with Crippen LogP contribution in [0.25, 0.3) is 0 Å². The van der Waals surface area contributed by atoms with E-state index >= 15 is 0 Å². The zero-order chi connectivity index (χ0) is 34.3. The molecule has 1 aromatic carbocycles. The van der Waals surface area contributed by atoms with Crippen LogP contribution in [-0.4, -0.2) is 117 Å². The van der Waals surface area contributed by atoms with Gasteiger partial charge in [-0.05, 0) is 50.6 Å². The highest BCUT2D eigenvalue weighted by atomic mass is 17.0. The number of aryl methyl sites for hydroxylation is 1. The molecule has 0 bridgehead atoms. The molecule has 264 valence electrons. The molecule has 0 radical (unpaired) electrons. The molecule has 1 fully saturated rings. The lowest BCUT2D eigenvalue weighted by molar-refractivity contribution is -0.758. The third kappa shape index (κ3) is 16.3. The normalized spacial score (nSPS) is 15.4. The molecule has 1 amide bonds. The van der Waals surface area contributed by atoms with Crippen LogP contribution in [0.3, 0.4) is 0 Å². The predicted octanol–water partition coefficient (Wildman–Crippen LogP) is 0.602. The van der Waals surface area contributed by atoms with Crippen molar-refractivity contribution < 1.29 is 53.2 Å². The molecule has 0 aromatic heterocycles. The Bertz CT molecular complexity index is 1100. The second-order valence-corrected chi connectivity index (χ2v) is 10.4. The van der Waals surface area contributed by atoms with Gasteiger partial charge in [0.05, 0.1) is 32.5 Å². The Kier molecular flexibility index (Phi) is 19.3. The van der Waals surface area contributed by atoms with Crippen LogP contribution in [0.2, 0.25) is 0 Å². The standard InChI is InChI=1S/C29H45N5O13/c30-13-5-4-9-24(27(35)32-14-6-10-26(32)29(37)45-20-16-43-18-22-47-34(40)41)31-25(12-11-23-7-2-1-3-8-23)28(36)44-19-15-42-17-21-46-33(38)39/h1-3,7-8,24-26,31H,4-6,9-22,30H2. The monoisotopic (exact) mass is 671 g/mol. The van der Waals surface area contributed by atoms with Gasteiger partial charge in [0.2, 0.25) is 5.91 Å². The minimum Gasteiger partial charge on any atom is -0.462 e. The summed E-state index contributed by atoms with van der Waals surface area (Å²) in [6, 6.07) is 7.02. The van der Waals surface area contributed by atoms with Gasteiger partial charge in [-0.3, -0.25) is 14.9 Å². The Labute approximate surface area is 272 Å². The van der Waals surface area contributed by atoms with E-state index in [1.54, 1.807) is 0 Å². The van der Waals surface area contributed by atoms with Crippen LogP contribution in [0.4, 0.5) is 0 Å². The average Bonchev–Trinajstić information content (AvgIpc) is 3.55. The number of nitrogens with zero attached hydrogens (tertiary/aromatic N) is 3. The molecule has 0 spiro atoms. The molecule has 3 unspecified atom stereocenters. The SMILES string of the molecule is NCCCCC(NC(CCc1ccccc1)C(=O)OCCOCCO[N+](=O)[O-])C(=O)N1CCCC1C(=O)OCCOCCO[N+](=O)[O-]. The fourth-order valence-electron chi connectivity index (χ4n) is 4.86. The van der Waals surface area contributed by atoms with Crippen molar-refractivity contribution in [3.05, 3.63) is 56.1 Å². The van der Waals surface area contributed by atoms with E-state index in [2.05, 4.69) is 15.0 Å². The Balaban J connectivity index is 2.03. The Morgan fingerprint density at radius 1 is 0.851 bits per heavy atom. The van der Waals surface area contributed by atoms with E-state index in [9.17, 15) is 34.6 Å². The van der Waals surface area contributed by atoms with Crippen LogP contribution >= 0.6 is 0 Å². The fraction of sp³-hybridized carbons (Fsp3) is 0.690. The van der Waals surface area contributed by atoms with E-state index in [1.165, 1.54) is 4.90 Å². The van der Waals surface area contributed by atoms with Gasteiger partial charge in [-0.15, -0.1) is 20.2 Å². The third-order valence-corrected chi connectivity index (χ3v) is 7.10. The van der Waals surface area contributed by atoms with Crippen molar-refractivity contribution in [3.8, 4) is 0 Å². The van der Waals surface area contributed by atoms with Crippen molar-refractivity contribution in [2.24, 2.45) is 5.73 Å². The predicted molar refractivity (Wildman–Crippen MR) is 163 cm³/mol. The third-order valence-electron chi connectivity index (χ3n) is 7.10. The number of carbonyl (C=O) groups excluding carboxylic acids is 3. The lowest BCUT2D eigenvalue weighted by Gasteiger charge is -2.30. The summed E-state index contributed by atoms with van der Waals surface area (Å²) in [6.07, 6.45) is 3.44. The number of nitrogens with two attached hydrogens (primary N) is 1. The van der Waals surface area contributed by atoms with E-state index < -0.39 is 40.2 Å². The van der Waals surface area contributed by atoms with Gasteiger partial charge in [-0.2, -0.15) is 0 Å². The first-order chi connectivity index (χ1) is 22.7. The molecule has 47 heavy (non-hydrogen) atoms. The zero-order valence-electron chi connectivity index (χ0n) is 26.4. The first-order valence-corrected chi connectivity index (χ1v) is 15.6. The fourth-order valence-corrected chi connectivity index (χ4v) is 4.86. The first-order valence-electron chi connectivity index (χ1n) is 15.6. The van der Waals surface area contributed by atoms with Gasteiger partial charge < -0.3 is 39.3 Å². The largest absolute Gasteiger partial charge is 0.462 e. The van der Waals surface area contributed by atoms with Gasteiger partial charge in [0, 0.05) is 6.54 Å². The summed E-state index contributed by atoms with van der Waals surface area (Å²) in [6.45, 7) is -0.0850. The van der Waals surface area contributed by atoms with Crippen LogP contribution in [0.5, 0.6) is 0 Å². The summed E-state index contributed by atoms with van der Waals surface area (Å²) in [5, 5.41) is 21.8. The molecule has 1 aliphatic rings. The minimum atomic E-state index is -0.930. The molecule has 0 saturated carbocycles. The van der Waals surface area contributed by atoms with E-state index in [0.29, 0.717) is 58.0 Å². The van der Waals surface area contributed by atoms with Crippen molar-refractivity contribution >= 4 is 17.8 Å². The lowest BCUT2D eigenvalue weighted by Crippen LogP contribution is -2.54. The number of benzene rings is 1. The topological polar surface area (TPSA) is 234 Å². The lowest BCUT2D eigenvalue weighted by atomic mass is 10.0. The highest BCUT2D eigenvalue weighted by Crippen LogP contribution is 2.21. The Morgan fingerprint density at radius 2 is 1.47 bits per heavy atom. The van der Waals surface area contributed by atoms with Gasteiger partial charge in [0.15, 0.2) is 0 Å². The molecule has 1 aromatic rings. The number of likely N-dealkylation sites (tertiary alicyclic amines) is 1. The van der Waals surface area contributed by atoms with Crippen molar-refractivity contribution in [3.63, 3.8) is 0 Å². The summed E-state index contributed by atoms with van der Waals surface area (Å²) < 4.78 is 21.1. The molecular formula is C29H45N5O13. The second-order valence-electron chi connectivity index (χ2n) is 10.4. The van der Waals surface area contributed by atoms with Crippen molar-refractivity contribution in [2.75, 3.05) is 65.9 Å². The van der Waals surface area contributed by atoms with E-state index in [4.69, 9.17) is 24.7 Å². The molecular weight excluding hydrogens is 626 g/mol. The summed E-state index contributed by atoms with van der Waals surface area (Å²) in [5.74, 6) is -1.53. The Morgan fingerprint density at radius 3 is 2.09 bits per heavy atom. The summed E-state index contributed by atoms with van der Waals surface area (Å²) in [7, 11) is 0. The van der Waals surface area contributed by atoms with Gasteiger partial charge in [0.25, 0.3) is 10.2 Å². The highest BCUT2D eigenvalue weighted by Gasteiger charge is 2.39. The molecule has 3 atom stereocenters. The van der Waals surface area contributed by atoms with Crippen molar-refractivity contribution in [2.45, 2.75) is 63.1 Å². The van der Waals surface area contributed by atoms with Crippen LogP contribution in [0.1, 0.15) is 44.1 Å². The number of unbranched alkanes of at least 4 members (excludes halogenated alkanes) is 1. The number of ether oxygens (including phenoxy) is 4. The molecule has 0 aliphatic carbocycles. The maximum atomic E-state index is 13.9. The number of hydrogen-bond acceptors (Lipinski definition) is 15. The smallest absolute Gasteiger partial charge is 0.328 e. The van der Waals surface area contributed by atoms with Gasteiger partial charge in [-0.25, -0.2) is 4.79 Å². The van der Waals surface area contributed by atoms with Crippen molar-refractivity contribution in [1.82, 2.24) is 10.2 Å². The van der Waals surface area contributed by atoms with E-state index in [-0.39, 0.29) is 58.8 Å². The number of rotatable bonds is 26. The molecule has 18 heteroatoms. The van der Waals surface area contributed by atoms with Crippen LogP contribution < -0.4 is 11.1 Å². The van der Waals surface area contributed by atoms with E-state index in [0.717, 1.165) is 5.56 Å². The zero-order valence-corrected chi connectivity index (χ0v) is 26.4. The first kappa shape index (κ1) is 39.1. The van der Waals surface area contributed by atoms with Crippen LogP contribution in [0, 0.1) is 20.2 Å². The van der Waals surface area contributed by atoms with Crippen molar-refractivity contribution in [1.29, 1.82) is 0 Å². The highest BCUT2D eigenvalue weighted by molar-refractivity contribution is 5.89. The summed E-state index contributed by atoms with van der Waals surface area (Å²) >= 11 is 0. The second kappa shape index (κ2) is 23.2. The van der Waals surface area contributed by atoms with Gasteiger partial charge in [0.1, 0.15) is 38.5 Å². The molecule has 1 aliphatic heterocycles. The maximum Gasteiger partial charge on any atom is 0.328 e. The Hall–Kier alpha value is -4.13. The van der Waals surface area contributed by atoms with Crippen LogP contribution in [-0.2, 0) is 49.4 Å². The maximum absolute atomic E-state index is 13.9. The molecule has 2 rings (SSSR count). The molecule has 3 N–H and O–H groups in total. The number of amides is 1.